The molecule has 0 unspecified atom stereocenters. The van der Waals surface area contributed by atoms with Crippen LogP contribution in [0.3, 0.4) is 0 Å². The van der Waals surface area contributed by atoms with Gasteiger partial charge in [-0.15, -0.1) is 0 Å². The zero-order valence-corrected chi connectivity index (χ0v) is 16.1. The van der Waals surface area contributed by atoms with Crippen molar-refractivity contribution < 1.29 is 0 Å². The van der Waals surface area contributed by atoms with Crippen molar-refractivity contribution in [2.75, 3.05) is 0 Å². The molecule has 5 heteroatoms. The molecule has 2 aromatic heterocycles. The second kappa shape index (κ2) is 4.95. The molecular formula is C20H12N4Sn. The third-order valence-electron chi connectivity index (χ3n) is 4.63. The molecule has 0 fully saturated rings. The van der Waals surface area contributed by atoms with Gasteiger partial charge in [0.25, 0.3) is 0 Å². The molecule has 0 saturated carbocycles. The van der Waals surface area contributed by atoms with Crippen LogP contribution in [0.4, 0.5) is 0 Å². The van der Waals surface area contributed by atoms with Gasteiger partial charge in [-0.2, -0.15) is 0 Å². The first-order valence-corrected chi connectivity index (χ1v) is 10.7. The van der Waals surface area contributed by atoms with Gasteiger partial charge < -0.3 is 0 Å². The Morgan fingerprint density at radius 1 is 0.600 bits per heavy atom. The summed E-state index contributed by atoms with van der Waals surface area (Å²) in [6.07, 6.45) is 17.1. The van der Waals surface area contributed by atoms with Gasteiger partial charge in [-0.3, -0.25) is 0 Å². The summed E-state index contributed by atoms with van der Waals surface area (Å²) >= 11 is -1.12. The molecule has 2 aromatic rings. The Labute approximate surface area is 154 Å². The Morgan fingerprint density at radius 3 is 1.72 bits per heavy atom. The quantitative estimate of drug-likeness (QED) is 0.572. The number of allylic oxidation sites excluding steroid dienone is 4. The maximum atomic E-state index is 4.74. The summed E-state index contributed by atoms with van der Waals surface area (Å²) in [5, 5.41) is 2.45. The van der Waals surface area contributed by atoms with Crippen molar-refractivity contribution in [3.8, 4) is 0 Å². The molecule has 25 heavy (non-hydrogen) atoms. The summed E-state index contributed by atoms with van der Waals surface area (Å²) in [5.41, 5.74) is 6.52. The molecule has 0 aliphatic carbocycles. The molecule has 0 atom stereocenters. The van der Waals surface area contributed by atoms with Crippen molar-refractivity contribution in [3.05, 3.63) is 82.0 Å². The molecule has 0 amide bonds. The molecule has 4 aliphatic rings. The third-order valence-corrected chi connectivity index (χ3v) is 8.72. The fraction of sp³-hybridized carbons (Fsp3) is 0. The molecule has 0 saturated heterocycles. The van der Waals surface area contributed by atoms with E-state index < -0.39 is 21.7 Å². The van der Waals surface area contributed by atoms with Crippen molar-refractivity contribution >= 4 is 57.4 Å². The van der Waals surface area contributed by atoms with Gasteiger partial charge in [0.1, 0.15) is 0 Å². The number of rotatable bonds is 0. The number of fused-ring (bicyclic) bond motifs is 2. The van der Waals surface area contributed by atoms with Gasteiger partial charge in [0, 0.05) is 0 Å². The summed E-state index contributed by atoms with van der Waals surface area (Å²) < 4.78 is 4.97. The first kappa shape index (κ1) is 13.7. The van der Waals surface area contributed by atoms with Crippen molar-refractivity contribution in [2.24, 2.45) is 9.98 Å². The van der Waals surface area contributed by atoms with Crippen LogP contribution in [0.15, 0.2) is 69.9 Å². The SMILES string of the molecule is C1=CC2=NC1=Cc1ccc3[n]1[Sn][n]1c(ccc1=CC1=NC(=C3)C=C1)=C2. The van der Waals surface area contributed by atoms with Crippen LogP contribution >= 0.6 is 0 Å². The van der Waals surface area contributed by atoms with Gasteiger partial charge in [0.05, 0.1) is 0 Å². The molecule has 0 aromatic carbocycles. The van der Waals surface area contributed by atoms with Gasteiger partial charge >= 0.3 is 155 Å². The van der Waals surface area contributed by atoms with Crippen LogP contribution in [0.25, 0.3) is 24.3 Å². The Kier molecular flexibility index (Phi) is 2.71. The topological polar surface area (TPSA) is 34.6 Å². The van der Waals surface area contributed by atoms with Crippen LogP contribution in [0.2, 0.25) is 0 Å². The summed E-state index contributed by atoms with van der Waals surface area (Å²) in [4.78, 5) is 9.47. The van der Waals surface area contributed by atoms with E-state index in [4.69, 9.17) is 9.98 Å². The second-order valence-corrected chi connectivity index (χ2v) is 9.43. The van der Waals surface area contributed by atoms with Crippen LogP contribution in [0.5, 0.6) is 0 Å². The van der Waals surface area contributed by atoms with Gasteiger partial charge in [0.15, 0.2) is 0 Å². The average Bonchev–Trinajstić information content (AvgIpc) is 3.37. The summed E-state index contributed by atoms with van der Waals surface area (Å²) in [6, 6.07) is 8.78. The summed E-state index contributed by atoms with van der Waals surface area (Å²) in [5.74, 6) is 0. The molecular weight excluding hydrogens is 415 g/mol. The molecule has 6 heterocycles. The second-order valence-electron chi connectivity index (χ2n) is 6.30. The molecule has 4 aliphatic heterocycles. The minimum atomic E-state index is -1.12. The predicted molar refractivity (Wildman–Crippen MR) is 103 cm³/mol. The number of aromatic nitrogens is 2. The molecule has 0 N–H and O–H groups in total. The Morgan fingerprint density at radius 2 is 1.16 bits per heavy atom. The Hall–Kier alpha value is -2.60. The van der Waals surface area contributed by atoms with Crippen molar-refractivity contribution in [1.29, 1.82) is 0 Å². The molecule has 4 nitrogen and oxygen atoms in total. The first-order valence-electron chi connectivity index (χ1n) is 8.19. The normalized spacial score (nSPS) is 18.7. The van der Waals surface area contributed by atoms with Crippen molar-refractivity contribution in [1.82, 2.24) is 5.58 Å². The monoisotopic (exact) mass is 428 g/mol. The zero-order chi connectivity index (χ0) is 16.4. The zero-order valence-electron chi connectivity index (χ0n) is 13.2. The number of nitrogens with zero attached hydrogens (tertiary/aromatic N) is 4. The van der Waals surface area contributed by atoms with Gasteiger partial charge in [-0.25, -0.2) is 0 Å². The van der Waals surface area contributed by atoms with E-state index in [2.05, 4.69) is 78.5 Å². The van der Waals surface area contributed by atoms with E-state index in [1.807, 2.05) is 0 Å². The molecule has 0 spiro atoms. The minimum absolute atomic E-state index is 1.02. The van der Waals surface area contributed by atoms with E-state index in [9.17, 15) is 0 Å². The predicted octanol–water partition coefficient (Wildman–Crippen LogP) is 1.51. The fourth-order valence-electron chi connectivity index (χ4n) is 3.44. The van der Waals surface area contributed by atoms with Crippen LogP contribution in [0.1, 0.15) is 11.4 Å². The van der Waals surface area contributed by atoms with E-state index >= 15 is 0 Å². The number of hydrogen-bond acceptors (Lipinski definition) is 2. The molecule has 6 bridgehead atoms. The van der Waals surface area contributed by atoms with Gasteiger partial charge in [-0.05, 0) is 0 Å². The first-order chi connectivity index (χ1) is 12.3. The van der Waals surface area contributed by atoms with Crippen LogP contribution in [-0.2, 0) is 0 Å². The van der Waals surface area contributed by atoms with Gasteiger partial charge in [-0.1, -0.05) is 0 Å². The van der Waals surface area contributed by atoms with Crippen molar-refractivity contribution in [3.63, 3.8) is 0 Å². The maximum absolute atomic E-state index is 4.74. The molecule has 6 rings (SSSR count). The van der Waals surface area contributed by atoms with E-state index in [0.29, 0.717) is 0 Å². The van der Waals surface area contributed by atoms with Gasteiger partial charge in [0.2, 0.25) is 0 Å². The van der Waals surface area contributed by atoms with E-state index in [0.717, 1.165) is 22.8 Å². The number of aliphatic imine (C=N–C) groups is 2. The molecule has 116 valence electrons. The average molecular weight is 427 g/mol. The van der Waals surface area contributed by atoms with E-state index in [1.165, 1.54) is 22.1 Å². The molecule has 2 radical (unpaired) electrons. The van der Waals surface area contributed by atoms with Crippen LogP contribution in [-0.4, -0.2) is 38.7 Å². The Balaban J connectivity index is 1.79. The van der Waals surface area contributed by atoms with E-state index in [1.54, 1.807) is 0 Å². The fourth-order valence-corrected chi connectivity index (χ4v) is 6.91. The van der Waals surface area contributed by atoms with E-state index in [-0.39, 0.29) is 0 Å². The number of hydrogen-bond donors (Lipinski definition) is 0. The Bertz CT molecular complexity index is 1160. The van der Waals surface area contributed by atoms with Crippen LogP contribution < -0.4 is 10.7 Å². The standard InChI is InChI=1S/C20H12N4.Sn/c1-2-14-10-16-5-6-18(23-16)12-20-8-7-19(24-20)11-17-4-3-15(22-17)9-13(1)21-14;/h1-12H;/q-2;+2. The van der Waals surface area contributed by atoms with Crippen LogP contribution in [0, 0.1) is 0 Å². The summed E-state index contributed by atoms with van der Waals surface area (Å²) in [7, 11) is 0. The third kappa shape index (κ3) is 2.14. The summed E-state index contributed by atoms with van der Waals surface area (Å²) in [6.45, 7) is 0. The van der Waals surface area contributed by atoms with Crippen molar-refractivity contribution in [2.45, 2.75) is 0 Å².